The van der Waals surface area contributed by atoms with Crippen LogP contribution in [0, 0.1) is 17.2 Å². The number of fused-ring (bicyclic) bond motifs is 1. The zero-order valence-electron chi connectivity index (χ0n) is 14.6. The fraction of sp³-hybridized carbons (Fsp3) is 0.421. The molecule has 0 radical (unpaired) electrons. The second-order valence-corrected chi connectivity index (χ2v) is 6.73. The number of thioether (sulfide) groups is 1. The molecule has 5 heteroatoms. The van der Waals surface area contributed by atoms with E-state index in [0.29, 0.717) is 18.9 Å². The van der Waals surface area contributed by atoms with E-state index in [1.807, 2.05) is 44.5 Å². The molecule has 2 heterocycles. The maximum Gasteiger partial charge on any atom is 0.141 e. The molecule has 1 saturated heterocycles. The third-order valence-electron chi connectivity index (χ3n) is 4.09. The zero-order valence-corrected chi connectivity index (χ0v) is 15.4. The minimum absolute atomic E-state index is 0.339. The molecule has 1 fully saturated rings. The highest BCUT2D eigenvalue weighted by Crippen LogP contribution is 2.37. The summed E-state index contributed by atoms with van der Waals surface area (Å²) in [6.07, 6.45) is 7.50. The highest BCUT2D eigenvalue weighted by molar-refractivity contribution is 8.06. The molecule has 2 aliphatic heterocycles. The van der Waals surface area contributed by atoms with E-state index in [-0.39, 0.29) is 0 Å². The minimum Gasteiger partial charge on any atom is -0.329 e. The van der Waals surface area contributed by atoms with Crippen LogP contribution in [0.25, 0.3) is 0 Å². The largest absolute Gasteiger partial charge is 0.329 e. The molecule has 1 atom stereocenters. The average Bonchev–Trinajstić information content (AvgIpc) is 3.00. The summed E-state index contributed by atoms with van der Waals surface area (Å²) >= 11 is 1.59. The SMILES string of the molecule is C=C(S/C=C\C)C1=NCC(C(/C=C\C)=N/C)=C2CC(CC#N)CN12. The van der Waals surface area contributed by atoms with Gasteiger partial charge in [-0.2, -0.15) is 5.26 Å². The number of hydrogen-bond acceptors (Lipinski definition) is 5. The third-order valence-corrected chi connectivity index (χ3v) is 4.97. The molecule has 0 N–H and O–H groups in total. The van der Waals surface area contributed by atoms with Crippen LogP contribution in [0.3, 0.4) is 0 Å². The summed E-state index contributed by atoms with van der Waals surface area (Å²) in [5, 5.41) is 11.1. The second kappa shape index (κ2) is 8.70. The summed E-state index contributed by atoms with van der Waals surface area (Å²) in [4.78, 5) is 12.4. The summed E-state index contributed by atoms with van der Waals surface area (Å²) in [5.41, 5.74) is 3.40. The molecule has 0 aliphatic carbocycles. The van der Waals surface area contributed by atoms with Crippen molar-refractivity contribution in [2.24, 2.45) is 15.9 Å². The molecule has 1 unspecified atom stereocenters. The summed E-state index contributed by atoms with van der Waals surface area (Å²) in [6, 6.07) is 2.31. The van der Waals surface area contributed by atoms with Crippen molar-refractivity contribution in [2.75, 3.05) is 20.1 Å². The van der Waals surface area contributed by atoms with Crippen molar-refractivity contribution >= 4 is 23.3 Å². The molecule has 0 aromatic heterocycles. The van der Waals surface area contributed by atoms with Crippen LogP contribution >= 0.6 is 11.8 Å². The molecule has 0 aromatic carbocycles. The number of nitriles is 1. The van der Waals surface area contributed by atoms with E-state index >= 15 is 0 Å². The summed E-state index contributed by atoms with van der Waals surface area (Å²) < 4.78 is 0. The quantitative estimate of drug-likeness (QED) is 0.677. The minimum atomic E-state index is 0.339. The maximum atomic E-state index is 9.08. The van der Waals surface area contributed by atoms with Crippen molar-refractivity contribution in [3.8, 4) is 6.07 Å². The van der Waals surface area contributed by atoms with Crippen LogP contribution in [0.4, 0.5) is 0 Å². The van der Waals surface area contributed by atoms with Crippen molar-refractivity contribution < 1.29 is 0 Å². The Labute approximate surface area is 149 Å². The number of rotatable bonds is 6. The molecule has 0 bridgehead atoms. The lowest BCUT2D eigenvalue weighted by Crippen LogP contribution is -2.33. The molecule has 4 nitrogen and oxygen atoms in total. The predicted molar refractivity (Wildman–Crippen MR) is 104 cm³/mol. The zero-order chi connectivity index (χ0) is 17.5. The highest BCUT2D eigenvalue weighted by atomic mass is 32.2. The summed E-state index contributed by atoms with van der Waals surface area (Å²) in [6.45, 7) is 9.61. The van der Waals surface area contributed by atoms with Crippen molar-refractivity contribution in [1.29, 1.82) is 5.26 Å². The van der Waals surface area contributed by atoms with Crippen LogP contribution in [-0.2, 0) is 0 Å². The van der Waals surface area contributed by atoms with E-state index in [2.05, 4.69) is 22.5 Å². The van der Waals surface area contributed by atoms with E-state index in [0.717, 1.165) is 29.4 Å². The monoisotopic (exact) mass is 340 g/mol. The fourth-order valence-corrected chi connectivity index (χ4v) is 3.63. The molecule has 2 aliphatic rings. The number of aliphatic imine (C=N–C) groups is 2. The second-order valence-electron chi connectivity index (χ2n) is 5.73. The van der Waals surface area contributed by atoms with Crippen LogP contribution in [0.2, 0.25) is 0 Å². The van der Waals surface area contributed by atoms with Crippen LogP contribution < -0.4 is 0 Å². The first-order valence-corrected chi connectivity index (χ1v) is 9.02. The van der Waals surface area contributed by atoms with Gasteiger partial charge in [-0.15, -0.1) is 0 Å². The van der Waals surface area contributed by atoms with E-state index in [1.165, 1.54) is 11.3 Å². The van der Waals surface area contributed by atoms with Crippen molar-refractivity contribution in [1.82, 2.24) is 4.90 Å². The molecule has 0 amide bonds. The molecule has 2 rings (SSSR count). The topological polar surface area (TPSA) is 51.8 Å². The van der Waals surface area contributed by atoms with Gasteiger partial charge in [-0.25, -0.2) is 0 Å². The van der Waals surface area contributed by atoms with E-state index < -0.39 is 0 Å². The lowest BCUT2D eigenvalue weighted by Gasteiger charge is -2.29. The van der Waals surface area contributed by atoms with Gasteiger partial charge in [0, 0.05) is 36.2 Å². The van der Waals surface area contributed by atoms with Gasteiger partial charge in [0.2, 0.25) is 0 Å². The van der Waals surface area contributed by atoms with Gasteiger partial charge in [0.15, 0.2) is 0 Å². The molecule has 24 heavy (non-hydrogen) atoms. The summed E-state index contributed by atoms with van der Waals surface area (Å²) in [7, 11) is 1.81. The van der Waals surface area contributed by atoms with Gasteiger partial charge < -0.3 is 4.90 Å². The highest BCUT2D eigenvalue weighted by Gasteiger charge is 2.35. The Balaban J connectivity index is 2.37. The first-order chi connectivity index (χ1) is 11.7. The van der Waals surface area contributed by atoms with Gasteiger partial charge in [0.1, 0.15) is 5.84 Å². The fourth-order valence-electron chi connectivity index (χ4n) is 3.05. The number of hydrogen-bond donors (Lipinski definition) is 0. The Kier molecular flexibility index (Phi) is 6.62. The Morgan fingerprint density at radius 1 is 1.50 bits per heavy atom. The number of amidine groups is 1. The lowest BCUT2D eigenvalue weighted by molar-refractivity contribution is 0.503. The third kappa shape index (κ3) is 3.88. The predicted octanol–water partition coefficient (Wildman–Crippen LogP) is 4.32. The van der Waals surface area contributed by atoms with E-state index in [4.69, 9.17) is 10.3 Å². The lowest BCUT2D eigenvalue weighted by atomic mass is 10.00. The number of allylic oxidation sites excluding steroid dienone is 4. The smallest absolute Gasteiger partial charge is 0.141 e. The van der Waals surface area contributed by atoms with Crippen LogP contribution in [0.1, 0.15) is 26.7 Å². The van der Waals surface area contributed by atoms with Gasteiger partial charge in [0.25, 0.3) is 0 Å². The van der Waals surface area contributed by atoms with Crippen LogP contribution in [0.5, 0.6) is 0 Å². The maximum absolute atomic E-state index is 9.08. The molecule has 0 spiro atoms. The molecule has 0 aromatic rings. The molecule has 0 saturated carbocycles. The van der Waals surface area contributed by atoms with E-state index in [1.54, 1.807) is 11.8 Å². The Morgan fingerprint density at radius 3 is 2.92 bits per heavy atom. The van der Waals surface area contributed by atoms with Gasteiger partial charge in [-0.3, -0.25) is 9.98 Å². The Bertz CT molecular complexity index is 689. The van der Waals surface area contributed by atoms with Crippen LogP contribution in [0.15, 0.2) is 56.4 Å². The average molecular weight is 340 g/mol. The first-order valence-electron chi connectivity index (χ1n) is 8.14. The van der Waals surface area contributed by atoms with Gasteiger partial charge in [-0.1, -0.05) is 30.5 Å². The van der Waals surface area contributed by atoms with Crippen LogP contribution in [-0.4, -0.2) is 36.6 Å². The van der Waals surface area contributed by atoms with E-state index in [9.17, 15) is 0 Å². The molecular weight excluding hydrogens is 316 g/mol. The Hall–Kier alpha value is -2.06. The van der Waals surface area contributed by atoms with Crippen molar-refractivity contribution in [3.63, 3.8) is 0 Å². The summed E-state index contributed by atoms with van der Waals surface area (Å²) in [5.74, 6) is 1.28. The first kappa shape index (κ1) is 18.3. The Morgan fingerprint density at radius 2 is 2.29 bits per heavy atom. The van der Waals surface area contributed by atoms with Crippen molar-refractivity contribution in [3.05, 3.63) is 46.4 Å². The van der Waals surface area contributed by atoms with Gasteiger partial charge in [-0.05, 0) is 37.7 Å². The standard InChI is InChI=1S/C19H24N4S/c1-5-7-17(21-4)16-12-22-19(14(3)24-10-6-2)23-13-15(8-9-20)11-18(16)23/h5-7,10,15H,3,8,11-13H2,1-2,4H3/b7-5-,10-6-,21-17+. The van der Waals surface area contributed by atoms with Crippen molar-refractivity contribution in [2.45, 2.75) is 26.7 Å². The van der Waals surface area contributed by atoms with Gasteiger partial charge >= 0.3 is 0 Å². The molecule has 126 valence electrons. The number of nitrogens with zero attached hydrogens (tertiary/aromatic N) is 4. The molecular formula is C19H24N4S. The normalized spacial score (nSPS) is 21.4. The van der Waals surface area contributed by atoms with Gasteiger partial charge in [0.05, 0.1) is 18.3 Å².